The highest BCUT2D eigenvalue weighted by Crippen LogP contribution is 2.34. The molecule has 0 spiro atoms. The zero-order chi connectivity index (χ0) is 15.2. The highest BCUT2D eigenvalue weighted by Gasteiger charge is 2.17. The molecule has 1 aromatic heterocycles. The SMILES string of the molecule is CCCN(CC)Cc1c(CNCC)sc2cccc(F)c12. The second-order valence-electron chi connectivity index (χ2n) is 5.27. The molecule has 1 heterocycles. The maximum Gasteiger partial charge on any atom is 0.132 e. The maximum absolute atomic E-state index is 14.3. The number of hydrogen-bond acceptors (Lipinski definition) is 3. The average molecular weight is 308 g/mol. The van der Waals surface area contributed by atoms with Gasteiger partial charge in [-0.3, -0.25) is 4.90 Å². The van der Waals surface area contributed by atoms with E-state index in [9.17, 15) is 4.39 Å². The van der Waals surface area contributed by atoms with Gasteiger partial charge in [0.15, 0.2) is 0 Å². The van der Waals surface area contributed by atoms with Gasteiger partial charge in [0.25, 0.3) is 0 Å². The van der Waals surface area contributed by atoms with Crippen LogP contribution in [0.2, 0.25) is 0 Å². The number of nitrogens with one attached hydrogen (secondary N) is 1. The minimum Gasteiger partial charge on any atom is -0.312 e. The van der Waals surface area contributed by atoms with Crippen LogP contribution in [0.25, 0.3) is 10.1 Å². The van der Waals surface area contributed by atoms with E-state index in [0.717, 1.165) is 49.2 Å². The number of fused-ring (bicyclic) bond motifs is 1. The molecule has 0 saturated carbocycles. The molecular formula is C17H25FN2S. The number of nitrogens with zero attached hydrogens (tertiary/aromatic N) is 1. The lowest BCUT2D eigenvalue weighted by Gasteiger charge is -2.20. The Morgan fingerprint density at radius 2 is 2.05 bits per heavy atom. The third-order valence-electron chi connectivity index (χ3n) is 3.75. The van der Waals surface area contributed by atoms with Gasteiger partial charge in [0.2, 0.25) is 0 Å². The number of thiophene rings is 1. The highest BCUT2D eigenvalue weighted by atomic mass is 32.1. The van der Waals surface area contributed by atoms with Crippen molar-refractivity contribution in [2.24, 2.45) is 0 Å². The topological polar surface area (TPSA) is 15.3 Å². The first kappa shape index (κ1) is 16.4. The molecule has 116 valence electrons. The van der Waals surface area contributed by atoms with Gasteiger partial charge in [-0.05, 0) is 43.8 Å². The van der Waals surface area contributed by atoms with Crippen molar-refractivity contribution in [3.05, 3.63) is 34.5 Å². The van der Waals surface area contributed by atoms with Crippen molar-refractivity contribution in [2.45, 2.75) is 40.3 Å². The summed E-state index contributed by atoms with van der Waals surface area (Å²) < 4.78 is 15.4. The molecule has 0 unspecified atom stereocenters. The van der Waals surface area contributed by atoms with E-state index in [0.29, 0.717) is 0 Å². The molecule has 0 aliphatic carbocycles. The largest absolute Gasteiger partial charge is 0.312 e. The van der Waals surface area contributed by atoms with E-state index in [1.54, 1.807) is 23.5 Å². The van der Waals surface area contributed by atoms with E-state index in [1.165, 1.54) is 10.4 Å². The number of rotatable bonds is 8. The first-order valence-corrected chi connectivity index (χ1v) is 8.64. The minimum atomic E-state index is -0.0888. The van der Waals surface area contributed by atoms with Gasteiger partial charge < -0.3 is 5.32 Å². The first-order chi connectivity index (χ1) is 10.2. The van der Waals surface area contributed by atoms with Crippen LogP contribution in [0.3, 0.4) is 0 Å². The van der Waals surface area contributed by atoms with Gasteiger partial charge in [-0.15, -0.1) is 11.3 Å². The number of hydrogen-bond donors (Lipinski definition) is 1. The van der Waals surface area contributed by atoms with Gasteiger partial charge in [0.05, 0.1) is 0 Å². The van der Waals surface area contributed by atoms with Crippen LogP contribution < -0.4 is 5.32 Å². The Kier molecular flexibility index (Phi) is 6.15. The summed E-state index contributed by atoms with van der Waals surface area (Å²) in [4.78, 5) is 3.66. The summed E-state index contributed by atoms with van der Waals surface area (Å²) in [6.07, 6.45) is 1.13. The Balaban J connectivity index is 2.41. The fraction of sp³-hybridized carbons (Fsp3) is 0.529. The Morgan fingerprint density at radius 3 is 2.71 bits per heavy atom. The van der Waals surface area contributed by atoms with Crippen LogP contribution in [0.1, 0.15) is 37.6 Å². The molecule has 0 fully saturated rings. The zero-order valence-corrected chi connectivity index (χ0v) is 14.0. The molecule has 0 bridgehead atoms. The highest BCUT2D eigenvalue weighted by molar-refractivity contribution is 7.19. The summed E-state index contributed by atoms with van der Waals surface area (Å²) in [5.41, 5.74) is 1.17. The molecular weight excluding hydrogens is 283 g/mol. The number of halogens is 1. The lowest BCUT2D eigenvalue weighted by molar-refractivity contribution is 0.281. The summed E-state index contributed by atoms with van der Waals surface area (Å²) in [5, 5.41) is 4.20. The van der Waals surface area contributed by atoms with E-state index < -0.39 is 0 Å². The smallest absolute Gasteiger partial charge is 0.132 e. The molecule has 2 nitrogen and oxygen atoms in total. The van der Waals surface area contributed by atoms with Gasteiger partial charge in [-0.1, -0.05) is 26.8 Å². The quantitative estimate of drug-likeness (QED) is 0.778. The lowest BCUT2D eigenvalue weighted by Crippen LogP contribution is -2.24. The van der Waals surface area contributed by atoms with Crippen LogP contribution >= 0.6 is 11.3 Å². The molecule has 0 atom stereocenters. The Hall–Kier alpha value is -0.970. The summed E-state index contributed by atoms with van der Waals surface area (Å²) in [5.74, 6) is -0.0888. The van der Waals surface area contributed by atoms with Gasteiger partial charge in [-0.2, -0.15) is 0 Å². The maximum atomic E-state index is 14.3. The van der Waals surface area contributed by atoms with Crippen molar-refractivity contribution in [1.29, 1.82) is 0 Å². The summed E-state index contributed by atoms with van der Waals surface area (Å²) >= 11 is 1.72. The molecule has 2 rings (SSSR count). The molecule has 0 aliphatic heterocycles. The minimum absolute atomic E-state index is 0.0888. The van der Waals surface area contributed by atoms with Crippen LogP contribution in [0.4, 0.5) is 4.39 Å². The second-order valence-corrected chi connectivity index (χ2v) is 6.40. The molecule has 1 aromatic carbocycles. The Morgan fingerprint density at radius 1 is 1.24 bits per heavy atom. The molecule has 0 radical (unpaired) electrons. The standard InChI is InChI=1S/C17H25FN2S/c1-4-10-20(6-3)12-13-16(11-19-5-2)21-15-9-7-8-14(18)17(13)15/h7-9,19H,4-6,10-12H2,1-3H3. The van der Waals surface area contributed by atoms with Gasteiger partial charge in [-0.25, -0.2) is 4.39 Å². The van der Waals surface area contributed by atoms with Gasteiger partial charge in [0.1, 0.15) is 5.82 Å². The Bertz CT molecular complexity index is 579. The van der Waals surface area contributed by atoms with Crippen LogP contribution in [0, 0.1) is 5.82 Å². The molecule has 21 heavy (non-hydrogen) atoms. The Labute approximate surface area is 131 Å². The van der Waals surface area contributed by atoms with Crippen molar-refractivity contribution >= 4 is 21.4 Å². The summed E-state index contributed by atoms with van der Waals surface area (Å²) in [6, 6.07) is 5.41. The summed E-state index contributed by atoms with van der Waals surface area (Å²) in [7, 11) is 0. The van der Waals surface area contributed by atoms with Crippen molar-refractivity contribution < 1.29 is 4.39 Å². The van der Waals surface area contributed by atoms with E-state index in [1.807, 2.05) is 6.07 Å². The first-order valence-electron chi connectivity index (χ1n) is 7.83. The van der Waals surface area contributed by atoms with E-state index >= 15 is 0 Å². The van der Waals surface area contributed by atoms with E-state index in [-0.39, 0.29) is 5.82 Å². The lowest BCUT2D eigenvalue weighted by atomic mass is 10.1. The summed E-state index contributed by atoms with van der Waals surface area (Å²) in [6.45, 7) is 11.1. The molecule has 0 saturated heterocycles. The monoisotopic (exact) mass is 308 g/mol. The number of benzene rings is 1. The van der Waals surface area contributed by atoms with Crippen molar-refractivity contribution in [3.8, 4) is 0 Å². The zero-order valence-electron chi connectivity index (χ0n) is 13.2. The predicted molar refractivity (Wildman–Crippen MR) is 90.4 cm³/mol. The average Bonchev–Trinajstić information content (AvgIpc) is 2.83. The third-order valence-corrected chi connectivity index (χ3v) is 4.95. The predicted octanol–water partition coefficient (Wildman–Crippen LogP) is 4.38. The third kappa shape index (κ3) is 3.82. The molecule has 0 amide bonds. The fourth-order valence-corrected chi connectivity index (χ4v) is 3.85. The fourth-order valence-electron chi connectivity index (χ4n) is 2.65. The van der Waals surface area contributed by atoms with E-state index in [4.69, 9.17) is 0 Å². The van der Waals surface area contributed by atoms with Crippen LogP contribution in [0.15, 0.2) is 18.2 Å². The normalized spacial score (nSPS) is 11.7. The van der Waals surface area contributed by atoms with Crippen LogP contribution in [-0.4, -0.2) is 24.5 Å². The molecule has 2 aromatic rings. The van der Waals surface area contributed by atoms with Crippen LogP contribution in [0.5, 0.6) is 0 Å². The molecule has 0 aliphatic rings. The van der Waals surface area contributed by atoms with Crippen molar-refractivity contribution in [2.75, 3.05) is 19.6 Å². The molecule has 1 N–H and O–H groups in total. The van der Waals surface area contributed by atoms with E-state index in [2.05, 4.69) is 31.0 Å². The van der Waals surface area contributed by atoms with Gasteiger partial charge >= 0.3 is 0 Å². The van der Waals surface area contributed by atoms with Crippen LogP contribution in [-0.2, 0) is 13.1 Å². The molecule has 4 heteroatoms. The van der Waals surface area contributed by atoms with Crippen molar-refractivity contribution in [1.82, 2.24) is 10.2 Å². The van der Waals surface area contributed by atoms with Crippen molar-refractivity contribution in [3.63, 3.8) is 0 Å². The second kappa shape index (κ2) is 7.87. The van der Waals surface area contributed by atoms with Gasteiger partial charge in [0, 0.05) is 28.1 Å².